The molecule has 0 radical (unpaired) electrons. The number of carbonyl (C=O) groups is 1. The molecule has 26 heavy (non-hydrogen) atoms. The van der Waals surface area contributed by atoms with E-state index >= 15 is 0 Å². The molecule has 1 aromatic heterocycles. The molecule has 0 spiro atoms. The Hall–Kier alpha value is -2.60. The Balaban J connectivity index is 1.72. The van der Waals surface area contributed by atoms with Crippen molar-refractivity contribution < 1.29 is 4.79 Å². The third-order valence-electron chi connectivity index (χ3n) is 4.17. The van der Waals surface area contributed by atoms with Crippen LogP contribution in [0.5, 0.6) is 0 Å². The van der Waals surface area contributed by atoms with Gasteiger partial charge < -0.3 is 9.88 Å². The summed E-state index contributed by atoms with van der Waals surface area (Å²) in [4.78, 5) is 12.6. The molecular weight excluding hydrogens is 344 g/mol. The zero-order chi connectivity index (χ0) is 18.7. The molecule has 1 amide bonds. The van der Waals surface area contributed by atoms with Crippen LogP contribution in [0.15, 0.2) is 53.7 Å². The fourth-order valence-corrected chi connectivity index (χ4v) is 3.39. The van der Waals surface area contributed by atoms with E-state index in [-0.39, 0.29) is 11.2 Å². The minimum atomic E-state index is -0.290. The van der Waals surface area contributed by atoms with Crippen molar-refractivity contribution in [2.75, 3.05) is 5.32 Å². The number of thioether (sulfide) groups is 1. The van der Waals surface area contributed by atoms with E-state index in [2.05, 4.69) is 15.5 Å². The van der Waals surface area contributed by atoms with Crippen LogP contribution in [0.4, 0.5) is 5.69 Å². The van der Waals surface area contributed by atoms with Crippen molar-refractivity contribution >= 4 is 23.4 Å². The van der Waals surface area contributed by atoms with Crippen molar-refractivity contribution in [1.82, 2.24) is 14.8 Å². The number of nitrogens with one attached hydrogen (secondary N) is 1. The van der Waals surface area contributed by atoms with Crippen molar-refractivity contribution in [3.8, 4) is 11.4 Å². The van der Waals surface area contributed by atoms with E-state index in [0.717, 1.165) is 28.2 Å². The number of benzene rings is 2. The van der Waals surface area contributed by atoms with Crippen LogP contribution < -0.4 is 5.32 Å². The highest BCUT2D eigenvalue weighted by molar-refractivity contribution is 8.00. The number of nitrogens with zero attached hydrogens (tertiary/aromatic N) is 3. The molecule has 1 heterocycles. The average Bonchev–Trinajstić information content (AvgIpc) is 2.99. The van der Waals surface area contributed by atoms with Crippen LogP contribution in [0.2, 0.25) is 0 Å². The monoisotopic (exact) mass is 366 g/mol. The number of hydrogen-bond acceptors (Lipinski definition) is 4. The first-order valence-electron chi connectivity index (χ1n) is 8.45. The van der Waals surface area contributed by atoms with Gasteiger partial charge in [-0.05, 0) is 38.0 Å². The molecule has 3 aromatic rings. The summed E-state index contributed by atoms with van der Waals surface area (Å²) in [5, 5.41) is 12.0. The lowest BCUT2D eigenvalue weighted by atomic mass is 10.1. The highest BCUT2D eigenvalue weighted by Gasteiger charge is 2.20. The molecule has 0 saturated carbocycles. The van der Waals surface area contributed by atoms with E-state index < -0.39 is 0 Å². The van der Waals surface area contributed by atoms with E-state index in [1.807, 2.05) is 80.9 Å². The second-order valence-electron chi connectivity index (χ2n) is 6.30. The van der Waals surface area contributed by atoms with Crippen LogP contribution in [0.1, 0.15) is 18.1 Å². The Bertz CT molecular complexity index is 921. The topological polar surface area (TPSA) is 59.8 Å². The first kappa shape index (κ1) is 18.2. The molecule has 134 valence electrons. The summed E-state index contributed by atoms with van der Waals surface area (Å²) in [7, 11) is 1.92. The van der Waals surface area contributed by atoms with Gasteiger partial charge in [0.2, 0.25) is 5.91 Å². The van der Waals surface area contributed by atoms with E-state index in [1.54, 1.807) is 0 Å². The fourth-order valence-electron chi connectivity index (χ4n) is 2.57. The van der Waals surface area contributed by atoms with Gasteiger partial charge in [-0.1, -0.05) is 54.2 Å². The predicted octanol–water partition coefficient (Wildman–Crippen LogP) is 4.22. The molecule has 0 saturated heterocycles. The van der Waals surface area contributed by atoms with Crippen molar-refractivity contribution in [3.05, 3.63) is 59.7 Å². The van der Waals surface area contributed by atoms with Crippen LogP contribution in [0.3, 0.4) is 0 Å². The summed E-state index contributed by atoms with van der Waals surface area (Å²) in [6, 6.07) is 15.9. The fraction of sp³-hybridized carbons (Fsp3) is 0.250. The maximum atomic E-state index is 12.6. The number of hydrogen-bond donors (Lipinski definition) is 1. The first-order valence-corrected chi connectivity index (χ1v) is 9.33. The van der Waals surface area contributed by atoms with Gasteiger partial charge >= 0.3 is 0 Å². The predicted molar refractivity (Wildman–Crippen MR) is 106 cm³/mol. The Labute approximate surface area is 157 Å². The highest BCUT2D eigenvalue weighted by atomic mass is 32.2. The Morgan fingerprint density at radius 1 is 1.12 bits per heavy atom. The molecule has 0 bridgehead atoms. The number of amides is 1. The Morgan fingerprint density at radius 3 is 2.58 bits per heavy atom. The molecule has 1 atom stereocenters. The van der Waals surface area contributed by atoms with Gasteiger partial charge in [0.25, 0.3) is 0 Å². The molecule has 1 N–H and O–H groups in total. The quantitative estimate of drug-likeness (QED) is 0.687. The number of rotatable bonds is 5. The van der Waals surface area contributed by atoms with Crippen LogP contribution in [-0.2, 0) is 11.8 Å². The molecule has 0 aliphatic carbocycles. The number of aromatic nitrogens is 3. The van der Waals surface area contributed by atoms with Crippen LogP contribution >= 0.6 is 11.8 Å². The summed E-state index contributed by atoms with van der Waals surface area (Å²) in [6.45, 7) is 5.88. The van der Waals surface area contributed by atoms with E-state index in [0.29, 0.717) is 5.16 Å². The van der Waals surface area contributed by atoms with Gasteiger partial charge in [-0.3, -0.25) is 4.79 Å². The zero-order valence-corrected chi connectivity index (χ0v) is 16.2. The summed E-state index contributed by atoms with van der Waals surface area (Å²) in [5.74, 6) is 0.739. The van der Waals surface area contributed by atoms with Gasteiger partial charge in [0.1, 0.15) is 0 Å². The lowest BCUT2D eigenvalue weighted by Gasteiger charge is -2.13. The van der Waals surface area contributed by atoms with Gasteiger partial charge in [0.15, 0.2) is 11.0 Å². The van der Waals surface area contributed by atoms with E-state index in [9.17, 15) is 4.79 Å². The number of anilines is 1. The third-order valence-corrected chi connectivity index (χ3v) is 5.30. The average molecular weight is 366 g/mol. The normalized spacial score (nSPS) is 12.0. The van der Waals surface area contributed by atoms with E-state index in [1.165, 1.54) is 11.8 Å². The third kappa shape index (κ3) is 3.96. The van der Waals surface area contributed by atoms with Crippen molar-refractivity contribution in [3.63, 3.8) is 0 Å². The molecule has 2 aromatic carbocycles. The second-order valence-corrected chi connectivity index (χ2v) is 7.61. The van der Waals surface area contributed by atoms with Gasteiger partial charge in [-0.25, -0.2) is 0 Å². The number of aryl methyl sites for hydroxylation is 2. The molecule has 0 aliphatic heterocycles. The van der Waals surface area contributed by atoms with Crippen molar-refractivity contribution in [2.24, 2.45) is 7.05 Å². The maximum absolute atomic E-state index is 12.6. The lowest BCUT2D eigenvalue weighted by molar-refractivity contribution is -0.115. The Kier molecular flexibility index (Phi) is 5.42. The number of carbonyl (C=O) groups excluding carboxylic acids is 1. The molecule has 0 aliphatic rings. The SMILES string of the molecule is Cc1ccc(C)c(NC(=O)[C@H](C)Sc2nnc(-c3ccccc3)n2C)c1. The zero-order valence-electron chi connectivity index (χ0n) is 15.4. The lowest BCUT2D eigenvalue weighted by Crippen LogP contribution is -2.23. The summed E-state index contributed by atoms with van der Waals surface area (Å²) < 4.78 is 1.92. The smallest absolute Gasteiger partial charge is 0.237 e. The standard InChI is InChI=1S/C20H22N4OS/c1-13-10-11-14(2)17(12-13)21-19(25)15(3)26-20-23-22-18(24(20)4)16-8-6-5-7-9-16/h5-12,15H,1-4H3,(H,21,25)/t15-/m0/s1. The van der Waals surface area contributed by atoms with E-state index in [4.69, 9.17) is 0 Å². The molecule has 0 fully saturated rings. The molecular formula is C20H22N4OS. The molecule has 0 unspecified atom stereocenters. The molecule has 5 nitrogen and oxygen atoms in total. The second kappa shape index (κ2) is 7.74. The van der Waals surface area contributed by atoms with Crippen LogP contribution in [0.25, 0.3) is 11.4 Å². The largest absolute Gasteiger partial charge is 0.325 e. The van der Waals surface area contributed by atoms with Crippen LogP contribution in [-0.4, -0.2) is 25.9 Å². The minimum Gasteiger partial charge on any atom is -0.325 e. The van der Waals surface area contributed by atoms with Crippen molar-refractivity contribution in [2.45, 2.75) is 31.2 Å². The maximum Gasteiger partial charge on any atom is 0.237 e. The summed E-state index contributed by atoms with van der Waals surface area (Å²) in [6.07, 6.45) is 0. The highest BCUT2D eigenvalue weighted by Crippen LogP contribution is 2.26. The first-order chi connectivity index (χ1) is 12.5. The van der Waals surface area contributed by atoms with Gasteiger partial charge in [-0.2, -0.15) is 0 Å². The minimum absolute atomic E-state index is 0.0482. The molecule has 6 heteroatoms. The van der Waals surface area contributed by atoms with Gasteiger partial charge in [0, 0.05) is 18.3 Å². The van der Waals surface area contributed by atoms with Crippen LogP contribution in [0, 0.1) is 13.8 Å². The van der Waals surface area contributed by atoms with Gasteiger partial charge in [0.05, 0.1) is 5.25 Å². The molecule has 3 rings (SSSR count). The summed E-state index contributed by atoms with van der Waals surface area (Å²) >= 11 is 1.40. The Morgan fingerprint density at radius 2 is 1.85 bits per heavy atom. The summed E-state index contributed by atoms with van der Waals surface area (Å²) in [5.41, 5.74) is 4.02. The van der Waals surface area contributed by atoms with Gasteiger partial charge in [-0.15, -0.1) is 10.2 Å². The van der Waals surface area contributed by atoms with Crippen molar-refractivity contribution in [1.29, 1.82) is 0 Å².